The average Bonchev–Trinajstić information content (AvgIpc) is 2.78. The summed E-state index contributed by atoms with van der Waals surface area (Å²) in [6.07, 6.45) is 0. The van der Waals surface area contributed by atoms with Crippen LogP contribution in [0.5, 0.6) is 5.75 Å². The quantitative estimate of drug-likeness (QED) is 0.525. The van der Waals surface area contributed by atoms with E-state index in [0.29, 0.717) is 11.4 Å². The molecule has 8 heteroatoms. The van der Waals surface area contributed by atoms with E-state index >= 15 is 0 Å². The van der Waals surface area contributed by atoms with Crippen LogP contribution in [0.3, 0.4) is 0 Å². The highest BCUT2D eigenvalue weighted by atomic mass is 32.2. The number of ether oxygens (including phenoxy) is 1. The second kappa shape index (κ2) is 9.93. The molecule has 2 N–H and O–H groups in total. The average molecular weight is 457 g/mol. The second-order valence-corrected chi connectivity index (χ2v) is 9.28. The van der Waals surface area contributed by atoms with E-state index in [1.54, 1.807) is 62.4 Å². The first-order valence-corrected chi connectivity index (χ1v) is 11.5. The summed E-state index contributed by atoms with van der Waals surface area (Å²) in [6.45, 7) is 3.51. The standard InChI is InChI=1S/C24H25FN2O4S/c1-16(2)23(24(28)26-21-6-4-5-7-22(21)31-3)27-32(29,30)20-14-10-18(11-15-20)17-8-12-19(25)13-9-17/h4-16,23,27H,1-3H3,(H,26,28). The van der Waals surface area contributed by atoms with Crippen LogP contribution in [0.1, 0.15) is 13.8 Å². The molecule has 32 heavy (non-hydrogen) atoms. The number of halogens is 1. The van der Waals surface area contributed by atoms with Crippen LogP contribution < -0.4 is 14.8 Å². The lowest BCUT2D eigenvalue weighted by atomic mass is 10.0. The van der Waals surface area contributed by atoms with Gasteiger partial charge in [0.15, 0.2) is 0 Å². The van der Waals surface area contributed by atoms with E-state index in [9.17, 15) is 17.6 Å². The van der Waals surface area contributed by atoms with E-state index in [-0.39, 0.29) is 16.6 Å². The Morgan fingerprint density at radius 3 is 2.03 bits per heavy atom. The zero-order valence-electron chi connectivity index (χ0n) is 18.0. The van der Waals surface area contributed by atoms with Gasteiger partial charge in [-0.2, -0.15) is 4.72 Å². The highest BCUT2D eigenvalue weighted by molar-refractivity contribution is 7.89. The number of nitrogens with one attached hydrogen (secondary N) is 2. The molecule has 0 aliphatic heterocycles. The van der Waals surface area contributed by atoms with Gasteiger partial charge in [0.2, 0.25) is 15.9 Å². The van der Waals surface area contributed by atoms with Crippen molar-refractivity contribution in [3.63, 3.8) is 0 Å². The number of hydrogen-bond acceptors (Lipinski definition) is 4. The summed E-state index contributed by atoms with van der Waals surface area (Å²) in [5.41, 5.74) is 1.96. The van der Waals surface area contributed by atoms with Crippen LogP contribution in [-0.4, -0.2) is 27.5 Å². The van der Waals surface area contributed by atoms with Crippen LogP contribution in [0.25, 0.3) is 11.1 Å². The van der Waals surface area contributed by atoms with E-state index < -0.39 is 22.0 Å². The van der Waals surface area contributed by atoms with Gasteiger partial charge in [0, 0.05) is 0 Å². The van der Waals surface area contributed by atoms with Gasteiger partial charge in [-0.15, -0.1) is 0 Å². The molecular weight excluding hydrogens is 431 g/mol. The van der Waals surface area contributed by atoms with Crippen molar-refractivity contribution in [2.45, 2.75) is 24.8 Å². The molecule has 0 radical (unpaired) electrons. The number of anilines is 1. The van der Waals surface area contributed by atoms with Crippen LogP contribution >= 0.6 is 0 Å². The van der Waals surface area contributed by atoms with E-state index in [4.69, 9.17) is 4.74 Å². The van der Waals surface area contributed by atoms with Crippen LogP contribution in [0, 0.1) is 11.7 Å². The zero-order chi connectivity index (χ0) is 23.3. The Hall–Kier alpha value is -3.23. The summed E-state index contributed by atoms with van der Waals surface area (Å²) >= 11 is 0. The third kappa shape index (κ3) is 5.52. The first-order valence-electron chi connectivity index (χ1n) is 10.0. The topological polar surface area (TPSA) is 84.5 Å². The van der Waals surface area contributed by atoms with Gasteiger partial charge in [0.1, 0.15) is 17.6 Å². The molecule has 6 nitrogen and oxygen atoms in total. The number of amides is 1. The Bertz CT molecular complexity index is 1180. The molecule has 1 amide bonds. The first kappa shape index (κ1) is 23.4. The van der Waals surface area contributed by atoms with Crippen molar-refractivity contribution in [1.29, 1.82) is 0 Å². The number of methoxy groups -OCH3 is 1. The monoisotopic (exact) mass is 456 g/mol. The summed E-state index contributed by atoms with van der Waals surface area (Å²) in [4.78, 5) is 12.9. The molecule has 0 spiro atoms. The molecule has 3 aromatic rings. The predicted octanol–water partition coefficient (Wildman–Crippen LogP) is 4.44. The summed E-state index contributed by atoms with van der Waals surface area (Å²) in [7, 11) is -2.48. The van der Waals surface area contributed by atoms with Gasteiger partial charge in [-0.05, 0) is 53.4 Å². The molecule has 3 aromatic carbocycles. The predicted molar refractivity (Wildman–Crippen MR) is 122 cm³/mol. The molecule has 0 saturated carbocycles. The summed E-state index contributed by atoms with van der Waals surface area (Å²) in [5.74, 6) is -0.667. The molecule has 0 bridgehead atoms. The fourth-order valence-electron chi connectivity index (χ4n) is 3.15. The minimum Gasteiger partial charge on any atom is -0.495 e. The molecule has 3 rings (SSSR count). The number of benzene rings is 3. The maximum Gasteiger partial charge on any atom is 0.242 e. The van der Waals surface area contributed by atoms with E-state index in [1.807, 2.05) is 0 Å². The second-order valence-electron chi connectivity index (χ2n) is 7.56. The Balaban J connectivity index is 1.79. The van der Waals surface area contributed by atoms with Gasteiger partial charge < -0.3 is 10.1 Å². The summed E-state index contributed by atoms with van der Waals surface area (Å²) < 4.78 is 46.8. The maximum absolute atomic E-state index is 13.1. The lowest BCUT2D eigenvalue weighted by molar-refractivity contribution is -0.118. The Morgan fingerprint density at radius 2 is 1.47 bits per heavy atom. The Morgan fingerprint density at radius 1 is 0.906 bits per heavy atom. The smallest absolute Gasteiger partial charge is 0.242 e. The first-order chi connectivity index (χ1) is 15.2. The number of hydrogen-bond donors (Lipinski definition) is 2. The van der Waals surface area contributed by atoms with Crippen LogP contribution in [0.2, 0.25) is 0 Å². The third-order valence-corrected chi connectivity index (χ3v) is 6.40. The molecule has 0 aromatic heterocycles. The number of para-hydroxylation sites is 2. The van der Waals surface area contributed by atoms with E-state index in [1.165, 1.54) is 31.4 Å². The molecule has 0 aliphatic rings. The van der Waals surface area contributed by atoms with Crippen molar-refractivity contribution in [3.8, 4) is 16.9 Å². The Labute approximate surface area is 187 Å². The molecule has 0 aliphatic carbocycles. The maximum atomic E-state index is 13.1. The number of carbonyl (C=O) groups is 1. The van der Waals surface area contributed by atoms with Gasteiger partial charge in [-0.25, -0.2) is 12.8 Å². The lowest BCUT2D eigenvalue weighted by Crippen LogP contribution is -2.47. The molecule has 1 unspecified atom stereocenters. The van der Waals surface area contributed by atoms with Crippen LogP contribution in [0.15, 0.2) is 77.7 Å². The minimum atomic E-state index is -3.97. The largest absolute Gasteiger partial charge is 0.495 e. The minimum absolute atomic E-state index is 0.0269. The number of rotatable bonds is 8. The van der Waals surface area contributed by atoms with Crippen molar-refractivity contribution < 1.29 is 22.3 Å². The van der Waals surface area contributed by atoms with E-state index in [2.05, 4.69) is 10.0 Å². The third-order valence-electron chi connectivity index (χ3n) is 4.94. The molecule has 0 fully saturated rings. The molecule has 168 valence electrons. The molecule has 0 heterocycles. The fourth-order valence-corrected chi connectivity index (χ4v) is 4.50. The molecule has 0 saturated heterocycles. The van der Waals surface area contributed by atoms with Crippen molar-refractivity contribution in [3.05, 3.63) is 78.6 Å². The zero-order valence-corrected chi connectivity index (χ0v) is 18.8. The van der Waals surface area contributed by atoms with Crippen molar-refractivity contribution >= 4 is 21.6 Å². The van der Waals surface area contributed by atoms with Crippen molar-refractivity contribution in [2.24, 2.45) is 5.92 Å². The van der Waals surface area contributed by atoms with Crippen molar-refractivity contribution in [1.82, 2.24) is 4.72 Å². The highest BCUT2D eigenvalue weighted by Gasteiger charge is 2.29. The van der Waals surface area contributed by atoms with Gasteiger partial charge in [0.25, 0.3) is 0 Å². The van der Waals surface area contributed by atoms with Gasteiger partial charge in [0.05, 0.1) is 17.7 Å². The van der Waals surface area contributed by atoms with E-state index in [0.717, 1.165) is 11.1 Å². The molecule has 1 atom stereocenters. The normalized spacial score (nSPS) is 12.4. The number of sulfonamides is 1. The van der Waals surface area contributed by atoms with Crippen molar-refractivity contribution in [2.75, 3.05) is 12.4 Å². The van der Waals surface area contributed by atoms with Gasteiger partial charge in [-0.1, -0.05) is 50.2 Å². The van der Waals surface area contributed by atoms with Gasteiger partial charge >= 0.3 is 0 Å². The SMILES string of the molecule is COc1ccccc1NC(=O)C(NS(=O)(=O)c1ccc(-c2ccc(F)cc2)cc1)C(C)C. The van der Waals surface area contributed by atoms with Crippen LogP contribution in [0.4, 0.5) is 10.1 Å². The number of carbonyl (C=O) groups excluding carboxylic acids is 1. The van der Waals surface area contributed by atoms with Crippen LogP contribution in [-0.2, 0) is 14.8 Å². The van der Waals surface area contributed by atoms with Gasteiger partial charge in [-0.3, -0.25) is 4.79 Å². The highest BCUT2D eigenvalue weighted by Crippen LogP contribution is 2.25. The summed E-state index contributed by atoms with van der Waals surface area (Å²) in [5, 5.41) is 2.73. The fraction of sp³-hybridized carbons (Fsp3) is 0.208. The summed E-state index contributed by atoms with van der Waals surface area (Å²) in [6, 6.07) is 18.0. The lowest BCUT2D eigenvalue weighted by Gasteiger charge is -2.22. The molecular formula is C24H25FN2O4S. The Kier molecular flexibility index (Phi) is 7.27.